The third-order valence-electron chi connectivity index (χ3n) is 6.17. The van der Waals surface area contributed by atoms with Crippen LogP contribution in [-0.2, 0) is 22.6 Å². The van der Waals surface area contributed by atoms with Crippen LogP contribution in [0.3, 0.4) is 0 Å². The van der Waals surface area contributed by atoms with Crippen LogP contribution in [0.1, 0.15) is 38.8 Å². The molecule has 0 bridgehead atoms. The molecule has 3 nitrogen and oxygen atoms in total. The van der Waals surface area contributed by atoms with Gasteiger partial charge in [0.2, 0.25) is 0 Å². The lowest BCUT2D eigenvalue weighted by Crippen LogP contribution is -2.27. The van der Waals surface area contributed by atoms with Crippen LogP contribution in [0.5, 0.6) is 0 Å². The summed E-state index contributed by atoms with van der Waals surface area (Å²) in [4.78, 5) is 11.8. The fourth-order valence-corrected chi connectivity index (χ4v) is 3.90. The standard InChI is InChI=1S/C17H20F4O3/c1-15(2)16(3,4)17(15,14(22)23)6-8-10(18)12(20)9(7-24-5)13(21)11(8)19/h6-7H2,1-5H3,(H,22,23). The minimum atomic E-state index is -1.57. The van der Waals surface area contributed by atoms with E-state index < -0.39 is 69.6 Å². The van der Waals surface area contributed by atoms with Gasteiger partial charge in [-0.2, -0.15) is 0 Å². The second-order valence-corrected chi connectivity index (χ2v) is 7.28. The van der Waals surface area contributed by atoms with E-state index in [-0.39, 0.29) is 0 Å². The van der Waals surface area contributed by atoms with E-state index in [1.54, 1.807) is 27.7 Å². The zero-order chi connectivity index (χ0) is 18.7. The molecule has 2 rings (SSSR count). The van der Waals surface area contributed by atoms with Gasteiger partial charge in [-0.05, 0) is 17.3 Å². The van der Waals surface area contributed by atoms with Crippen molar-refractivity contribution in [3.8, 4) is 0 Å². The van der Waals surface area contributed by atoms with Crippen molar-refractivity contribution in [3.05, 3.63) is 34.4 Å². The maximum atomic E-state index is 14.3. The summed E-state index contributed by atoms with van der Waals surface area (Å²) >= 11 is 0. The van der Waals surface area contributed by atoms with Gasteiger partial charge in [0.05, 0.1) is 17.6 Å². The number of halogens is 4. The Balaban J connectivity index is 2.62. The highest BCUT2D eigenvalue weighted by molar-refractivity contribution is 5.82. The number of hydrogen-bond acceptors (Lipinski definition) is 2. The van der Waals surface area contributed by atoms with E-state index in [1.165, 1.54) is 0 Å². The summed E-state index contributed by atoms with van der Waals surface area (Å²) in [6.07, 6.45) is -0.638. The van der Waals surface area contributed by atoms with Crippen LogP contribution < -0.4 is 0 Å². The van der Waals surface area contributed by atoms with Crippen molar-refractivity contribution in [1.29, 1.82) is 0 Å². The Morgan fingerprint density at radius 3 is 1.58 bits per heavy atom. The Bertz CT molecular complexity index is 667. The van der Waals surface area contributed by atoms with Crippen molar-refractivity contribution in [3.63, 3.8) is 0 Å². The molecule has 0 unspecified atom stereocenters. The molecule has 24 heavy (non-hydrogen) atoms. The van der Waals surface area contributed by atoms with Gasteiger partial charge < -0.3 is 9.84 Å². The minimum absolute atomic E-state index is 0.632. The number of carboxylic acids is 1. The molecule has 0 saturated heterocycles. The van der Waals surface area contributed by atoms with Crippen molar-refractivity contribution in [2.24, 2.45) is 16.2 Å². The van der Waals surface area contributed by atoms with Gasteiger partial charge in [0.1, 0.15) is 0 Å². The molecule has 0 radical (unpaired) electrons. The number of rotatable bonds is 5. The van der Waals surface area contributed by atoms with Crippen LogP contribution in [0.4, 0.5) is 17.6 Å². The molecule has 1 N–H and O–H groups in total. The molecule has 1 aromatic carbocycles. The van der Waals surface area contributed by atoms with Crippen molar-refractivity contribution in [2.75, 3.05) is 7.11 Å². The molecule has 0 atom stereocenters. The second-order valence-electron chi connectivity index (χ2n) is 7.28. The lowest BCUT2D eigenvalue weighted by atomic mass is 9.86. The molecule has 0 spiro atoms. The molecule has 7 heteroatoms. The van der Waals surface area contributed by atoms with Crippen LogP contribution in [0.25, 0.3) is 0 Å². The fraction of sp³-hybridized carbons (Fsp3) is 0.588. The number of benzene rings is 1. The average molecular weight is 348 g/mol. The number of hydrogen-bond donors (Lipinski definition) is 1. The summed E-state index contributed by atoms with van der Waals surface area (Å²) in [6.45, 7) is 5.99. The van der Waals surface area contributed by atoms with Crippen LogP contribution in [-0.4, -0.2) is 18.2 Å². The van der Waals surface area contributed by atoms with Crippen LogP contribution in [0.2, 0.25) is 0 Å². The summed E-state index contributed by atoms with van der Waals surface area (Å²) in [5, 5.41) is 9.64. The first-order valence-corrected chi connectivity index (χ1v) is 7.44. The van der Waals surface area contributed by atoms with Crippen LogP contribution >= 0.6 is 0 Å². The molecule has 0 amide bonds. The van der Waals surface area contributed by atoms with Gasteiger partial charge in [-0.3, -0.25) is 4.79 Å². The summed E-state index contributed by atoms with van der Waals surface area (Å²) in [5.41, 5.74) is -4.87. The Labute approximate surface area is 137 Å². The predicted octanol–water partition coefficient (Wildman–Crippen LogP) is 4.07. The number of aliphatic carboxylic acids is 1. The number of carbonyl (C=O) groups is 1. The zero-order valence-electron chi connectivity index (χ0n) is 14.2. The molecule has 1 fully saturated rings. The Kier molecular flexibility index (Phi) is 4.24. The van der Waals surface area contributed by atoms with Crippen LogP contribution in [0.15, 0.2) is 0 Å². The third kappa shape index (κ3) is 2.03. The maximum absolute atomic E-state index is 14.3. The fourth-order valence-electron chi connectivity index (χ4n) is 3.90. The van der Waals surface area contributed by atoms with Crippen LogP contribution in [0, 0.1) is 39.5 Å². The lowest BCUT2D eigenvalue weighted by Gasteiger charge is -2.19. The van der Waals surface area contributed by atoms with Gasteiger partial charge in [0.25, 0.3) is 0 Å². The zero-order valence-corrected chi connectivity index (χ0v) is 14.2. The van der Waals surface area contributed by atoms with Gasteiger partial charge in [0, 0.05) is 12.7 Å². The summed E-state index contributed by atoms with van der Waals surface area (Å²) in [7, 11) is 1.14. The van der Waals surface area contributed by atoms with E-state index in [9.17, 15) is 27.5 Å². The monoisotopic (exact) mass is 348 g/mol. The van der Waals surface area contributed by atoms with Crippen molar-refractivity contribution in [1.82, 2.24) is 0 Å². The summed E-state index contributed by atoms with van der Waals surface area (Å²) in [5.74, 6) is -7.50. The Morgan fingerprint density at radius 2 is 1.29 bits per heavy atom. The predicted molar refractivity (Wildman–Crippen MR) is 78.3 cm³/mol. The topological polar surface area (TPSA) is 46.5 Å². The van der Waals surface area contributed by atoms with Crippen molar-refractivity contribution < 1.29 is 32.2 Å². The van der Waals surface area contributed by atoms with E-state index in [1.807, 2.05) is 0 Å². The summed E-state index contributed by atoms with van der Waals surface area (Å²) < 4.78 is 61.3. The van der Waals surface area contributed by atoms with E-state index in [0.29, 0.717) is 0 Å². The highest BCUT2D eigenvalue weighted by atomic mass is 19.2. The second kappa shape index (κ2) is 5.44. The van der Waals surface area contributed by atoms with E-state index in [2.05, 4.69) is 4.74 Å². The molecule has 1 aliphatic carbocycles. The average Bonchev–Trinajstić information content (AvgIpc) is 2.84. The Hall–Kier alpha value is -1.63. The molecular formula is C17H20F4O3. The highest BCUT2D eigenvalue weighted by Crippen LogP contribution is 2.79. The molecule has 0 aromatic heterocycles. The first kappa shape index (κ1) is 18.7. The number of ether oxygens (including phenoxy) is 1. The normalized spacial score (nSPS) is 20.0. The first-order valence-electron chi connectivity index (χ1n) is 7.44. The molecular weight excluding hydrogens is 328 g/mol. The Morgan fingerprint density at radius 1 is 0.917 bits per heavy atom. The van der Waals surface area contributed by atoms with Crippen molar-refractivity contribution in [2.45, 2.75) is 40.7 Å². The number of methoxy groups -OCH3 is 1. The molecule has 134 valence electrons. The van der Waals surface area contributed by atoms with E-state index >= 15 is 0 Å². The maximum Gasteiger partial charge on any atom is 0.311 e. The number of carboxylic acid groups (broad SMARTS) is 1. The van der Waals surface area contributed by atoms with Gasteiger partial charge in [-0.25, -0.2) is 17.6 Å². The van der Waals surface area contributed by atoms with Gasteiger partial charge in [0.15, 0.2) is 23.3 Å². The highest BCUT2D eigenvalue weighted by Gasteiger charge is 2.81. The van der Waals surface area contributed by atoms with Crippen molar-refractivity contribution >= 4 is 5.97 Å². The van der Waals surface area contributed by atoms with E-state index in [0.717, 1.165) is 7.11 Å². The quantitative estimate of drug-likeness (QED) is 0.645. The molecule has 1 saturated carbocycles. The molecule has 0 aliphatic heterocycles. The molecule has 1 aromatic rings. The van der Waals surface area contributed by atoms with E-state index in [4.69, 9.17) is 0 Å². The summed E-state index contributed by atoms with van der Waals surface area (Å²) in [6, 6.07) is 0. The van der Waals surface area contributed by atoms with Gasteiger partial charge in [-0.1, -0.05) is 27.7 Å². The van der Waals surface area contributed by atoms with Gasteiger partial charge in [-0.15, -0.1) is 0 Å². The minimum Gasteiger partial charge on any atom is -0.481 e. The smallest absolute Gasteiger partial charge is 0.311 e. The largest absolute Gasteiger partial charge is 0.481 e. The molecule has 1 aliphatic rings. The third-order valence-corrected chi connectivity index (χ3v) is 6.17. The lowest BCUT2D eigenvalue weighted by molar-refractivity contribution is -0.145. The molecule has 0 heterocycles. The SMILES string of the molecule is COCc1c(F)c(F)c(CC2(C(=O)O)C(C)(C)C2(C)C)c(F)c1F. The van der Waals surface area contributed by atoms with Gasteiger partial charge >= 0.3 is 5.97 Å². The first-order chi connectivity index (χ1) is 10.9.